The number of imidazole rings is 1. The van der Waals surface area contributed by atoms with Gasteiger partial charge in [0.15, 0.2) is 16.7 Å². The van der Waals surface area contributed by atoms with E-state index in [1.807, 2.05) is 0 Å². The van der Waals surface area contributed by atoms with Gasteiger partial charge in [0.1, 0.15) is 5.75 Å². The maximum Gasteiger partial charge on any atom is 1.00 e. The van der Waals surface area contributed by atoms with E-state index in [-0.39, 0.29) is 46.2 Å². The average molecular weight is 406 g/mol. The summed E-state index contributed by atoms with van der Waals surface area (Å²) < 4.78 is 52.1. The van der Waals surface area contributed by atoms with Gasteiger partial charge in [-0.1, -0.05) is 0 Å². The number of H-pyrrole nitrogens is 1. The first kappa shape index (κ1) is 21.5. The summed E-state index contributed by atoms with van der Waals surface area (Å²) in [5.74, 6) is 0.908. The van der Waals surface area contributed by atoms with E-state index in [0.717, 1.165) is 0 Å². The Morgan fingerprint density at radius 2 is 2.00 bits per heavy atom. The Kier molecular flexibility index (Phi) is 7.54. The minimum Gasteiger partial charge on any atom is -0.493 e. The van der Waals surface area contributed by atoms with Crippen LogP contribution in [0.15, 0.2) is 35.6 Å². The second-order valence-corrected chi connectivity index (χ2v) is 6.45. The van der Waals surface area contributed by atoms with Gasteiger partial charge in [-0.25, -0.2) is 4.98 Å². The summed E-state index contributed by atoms with van der Waals surface area (Å²) in [6.07, 6.45) is 1.53. The van der Waals surface area contributed by atoms with E-state index in [0.29, 0.717) is 28.2 Å². The van der Waals surface area contributed by atoms with Crippen LogP contribution in [0.5, 0.6) is 17.2 Å². The van der Waals surface area contributed by atoms with Crippen molar-refractivity contribution >= 4 is 21.8 Å². The summed E-state index contributed by atoms with van der Waals surface area (Å²) in [5.41, 5.74) is 1.38. The molecule has 27 heavy (non-hydrogen) atoms. The number of halogens is 2. The fourth-order valence-electron chi connectivity index (χ4n) is 2.40. The van der Waals surface area contributed by atoms with Crippen LogP contribution in [0.2, 0.25) is 0 Å². The van der Waals surface area contributed by atoms with E-state index in [4.69, 9.17) is 9.47 Å². The molecule has 0 spiro atoms. The van der Waals surface area contributed by atoms with Crippen LogP contribution in [0.25, 0.3) is 11.0 Å². The molecule has 138 valence electrons. The van der Waals surface area contributed by atoms with Crippen molar-refractivity contribution in [3.05, 3.63) is 36.2 Å². The van der Waals surface area contributed by atoms with Gasteiger partial charge < -0.3 is 19.2 Å². The molecule has 1 atom stereocenters. The van der Waals surface area contributed by atoms with Crippen LogP contribution in [-0.2, 0) is 16.6 Å². The number of hydrogen-bond acceptors (Lipinski definition) is 6. The molecule has 0 fully saturated rings. The van der Waals surface area contributed by atoms with Crippen molar-refractivity contribution in [3.63, 3.8) is 0 Å². The van der Waals surface area contributed by atoms with Gasteiger partial charge in [-0.2, -0.15) is 8.78 Å². The molecule has 0 radical (unpaired) electrons. The zero-order valence-electron chi connectivity index (χ0n) is 14.9. The topological polar surface area (TPSA) is 86.3 Å². The average Bonchev–Trinajstić information content (AvgIpc) is 3.04. The Balaban J connectivity index is 0.00000261. The van der Waals surface area contributed by atoms with Crippen LogP contribution in [0.1, 0.15) is 5.69 Å². The molecule has 1 N–H and O–H groups in total. The van der Waals surface area contributed by atoms with Gasteiger partial charge in [0.05, 0.1) is 47.5 Å². The van der Waals surface area contributed by atoms with E-state index in [1.165, 1.54) is 38.6 Å². The Morgan fingerprint density at radius 3 is 2.67 bits per heavy atom. The molecule has 0 unspecified atom stereocenters. The Morgan fingerprint density at radius 1 is 1.22 bits per heavy atom. The monoisotopic (exact) mass is 406 g/mol. The Bertz CT molecular complexity index is 955. The number of nitrogens with one attached hydrogen (secondary N) is 1. The van der Waals surface area contributed by atoms with Gasteiger partial charge in [-0.15, -0.1) is 0 Å². The third-order valence-corrected chi connectivity index (χ3v) is 4.67. The molecular weight excluding hydrogens is 391 g/mol. The fraction of sp³-hybridized carbons (Fsp3) is 0.250. The second kappa shape index (κ2) is 9.45. The predicted octanol–water partition coefficient (Wildman–Crippen LogP) is -0.112. The van der Waals surface area contributed by atoms with Crippen LogP contribution in [0, 0.1) is 0 Å². The molecule has 0 aliphatic carbocycles. The van der Waals surface area contributed by atoms with Gasteiger partial charge in [-0.05, 0) is 12.1 Å². The van der Waals surface area contributed by atoms with E-state index in [9.17, 15) is 13.0 Å². The first-order chi connectivity index (χ1) is 12.5. The molecule has 11 heteroatoms. The minimum atomic E-state index is -2.92. The van der Waals surface area contributed by atoms with E-state index < -0.39 is 17.4 Å². The van der Waals surface area contributed by atoms with Crippen molar-refractivity contribution in [1.82, 2.24) is 15.0 Å². The minimum absolute atomic E-state index is 0. The van der Waals surface area contributed by atoms with E-state index in [2.05, 4.69) is 19.7 Å². The number of fused-ring (bicyclic) bond motifs is 1. The SMILES string of the molecule is COc1ccnc(C[S@](=O)c2nc3ccc(OC(F)F)cc3[nH]2)c1OC.[Na+]. The number of aromatic amines is 1. The standard InChI is InChI=1S/C16H15F2N3O4S.Na/c1-23-13-5-6-19-12(14(13)24-2)8-26(22)16-20-10-4-3-9(25-15(17)18)7-11(10)21-16;/h3-7,15H,8H2,1-2H3,(H,20,21);/q;+1/t26-;/m0./s1. The van der Waals surface area contributed by atoms with E-state index in [1.54, 1.807) is 6.07 Å². The van der Waals surface area contributed by atoms with Crippen molar-refractivity contribution in [2.45, 2.75) is 17.5 Å². The molecule has 3 rings (SSSR count). The summed E-state index contributed by atoms with van der Waals surface area (Å²) in [5, 5.41) is 0.195. The molecule has 2 aromatic heterocycles. The van der Waals surface area contributed by atoms with Gasteiger partial charge in [-0.3, -0.25) is 9.19 Å². The molecular formula is C16H15F2N3NaO4S+. The summed E-state index contributed by atoms with van der Waals surface area (Å²) >= 11 is 0. The van der Waals surface area contributed by atoms with Crippen molar-refractivity contribution in [3.8, 4) is 17.2 Å². The molecule has 3 aromatic rings. The summed E-state index contributed by atoms with van der Waals surface area (Å²) in [6, 6.07) is 5.89. The number of rotatable bonds is 7. The largest absolute Gasteiger partial charge is 1.00 e. The van der Waals surface area contributed by atoms with Crippen molar-refractivity contribution in [1.29, 1.82) is 0 Å². The van der Waals surface area contributed by atoms with Crippen molar-refractivity contribution < 1.29 is 56.8 Å². The molecule has 1 aromatic carbocycles. The zero-order chi connectivity index (χ0) is 18.7. The molecule has 0 saturated carbocycles. The van der Waals surface area contributed by atoms with Gasteiger partial charge in [0.2, 0.25) is 0 Å². The van der Waals surface area contributed by atoms with Crippen molar-refractivity contribution in [2.24, 2.45) is 0 Å². The smallest absolute Gasteiger partial charge is 0.493 e. The van der Waals surface area contributed by atoms with Gasteiger partial charge in [0, 0.05) is 18.3 Å². The van der Waals surface area contributed by atoms with Crippen molar-refractivity contribution in [2.75, 3.05) is 14.2 Å². The third-order valence-electron chi connectivity index (χ3n) is 3.51. The quantitative estimate of drug-likeness (QED) is 0.551. The normalized spacial score (nSPS) is 11.9. The predicted molar refractivity (Wildman–Crippen MR) is 90.2 cm³/mol. The molecule has 0 aliphatic rings. The molecule has 0 saturated heterocycles. The number of hydrogen-bond donors (Lipinski definition) is 1. The van der Waals surface area contributed by atoms with Gasteiger partial charge >= 0.3 is 36.2 Å². The van der Waals surface area contributed by atoms with Crippen LogP contribution >= 0.6 is 0 Å². The Hall–Kier alpha value is -1.75. The summed E-state index contributed by atoms with van der Waals surface area (Å²) in [6.45, 7) is -2.92. The first-order valence-electron chi connectivity index (χ1n) is 7.40. The Labute approximate surface area is 178 Å². The maximum atomic E-state index is 12.6. The van der Waals surface area contributed by atoms with Crippen LogP contribution in [0.3, 0.4) is 0 Å². The second-order valence-electron chi connectivity index (χ2n) is 5.08. The summed E-state index contributed by atoms with van der Waals surface area (Å²) in [4.78, 5) is 11.3. The van der Waals surface area contributed by atoms with Gasteiger partial charge in [0.25, 0.3) is 0 Å². The number of aromatic nitrogens is 3. The number of methoxy groups -OCH3 is 2. The number of nitrogens with zero attached hydrogens (tertiary/aromatic N) is 2. The zero-order valence-corrected chi connectivity index (χ0v) is 17.7. The molecule has 0 bridgehead atoms. The third kappa shape index (κ3) is 4.95. The van der Waals surface area contributed by atoms with E-state index >= 15 is 0 Å². The van der Waals surface area contributed by atoms with Crippen LogP contribution in [-0.4, -0.2) is 40.0 Å². The number of alkyl halides is 2. The number of ether oxygens (including phenoxy) is 3. The maximum absolute atomic E-state index is 12.6. The first-order valence-corrected chi connectivity index (χ1v) is 8.72. The molecule has 0 aliphatic heterocycles. The molecule has 7 nitrogen and oxygen atoms in total. The molecule has 2 heterocycles. The fourth-order valence-corrected chi connectivity index (χ4v) is 3.41. The molecule has 0 amide bonds. The number of pyridine rings is 1. The summed E-state index contributed by atoms with van der Waals surface area (Å²) in [7, 11) is 1.41. The van der Waals surface area contributed by atoms with Crippen LogP contribution < -0.4 is 43.8 Å². The van der Waals surface area contributed by atoms with Crippen LogP contribution in [0.4, 0.5) is 8.78 Å². The number of benzene rings is 1.